The fraction of sp³-hybridized carbons (Fsp3) is 0.367. The number of aryl methyl sites for hydroxylation is 1. The smallest absolute Gasteiger partial charge is 0.255 e. The van der Waals surface area contributed by atoms with Gasteiger partial charge in [0.1, 0.15) is 0 Å². The highest BCUT2D eigenvalue weighted by atomic mass is 35.5. The van der Waals surface area contributed by atoms with Crippen LogP contribution in [0.5, 0.6) is 0 Å². The van der Waals surface area contributed by atoms with Crippen molar-refractivity contribution < 1.29 is 4.79 Å². The standard InChI is InChI=1S/C30H32ClN5O/c1-20-7-10-32-17-26(20)28(37)34-11-8-30(9-12-34)18-35(19-30)23-14-24(16-33-15-23)36-21(2)25-6-5-22(31)13-27(25)29(36,3)4/h5-7,10,13-17H,2,8-9,11-12,18-19H2,1,3-4H3. The number of carbonyl (C=O) groups is 1. The monoisotopic (exact) mass is 513 g/mol. The Hall–Kier alpha value is -3.38. The fourth-order valence-electron chi connectivity index (χ4n) is 6.35. The minimum absolute atomic E-state index is 0.101. The molecule has 7 heteroatoms. The zero-order chi connectivity index (χ0) is 25.9. The molecule has 6 nitrogen and oxygen atoms in total. The summed E-state index contributed by atoms with van der Waals surface area (Å²) in [6.45, 7) is 14.4. The molecule has 37 heavy (non-hydrogen) atoms. The Morgan fingerprint density at radius 1 is 1.00 bits per heavy atom. The summed E-state index contributed by atoms with van der Waals surface area (Å²) >= 11 is 6.33. The molecule has 3 aliphatic rings. The van der Waals surface area contributed by atoms with Crippen LogP contribution in [-0.2, 0) is 5.54 Å². The predicted molar refractivity (Wildman–Crippen MR) is 149 cm³/mol. The third-order valence-electron chi connectivity index (χ3n) is 8.55. The van der Waals surface area contributed by atoms with Crippen LogP contribution >= 0.6 is 11.6 Å². The van der Waals surface area contributed by atoms with E-state index in [-0.39, 0.29) is 16.9 Å². The highest BCUT2D eigenvalue weighted by molar-refractivity contribution is 6.30. The number of nitrogens with zero attached hydrogens (tertiary/aromatic N) is 5. The van der Waals surface area contributed by atoms with Crippen molar-refractivity contribution in [2.75, 3.05) is 36.0 Å². The van der Waals surface area contributed by atoms with Gasteiger partial charge in [0.15, 0.2) is 0 Å². The van der Waals surface area contributed by atoms with E-state index in [9.17, 15) is 4.79 Å². The lowest BCUT2D eigenvalue weighted by atomic mass is 9.71. The minimum atomic E-state index is -0.278. The normalized spacial score (nSPS) is 19.7. The highest BCUT2D eigenvalue weighted by Gasteiger charge is 2.46. The highest BCUT2D eigenvalue weighted by Crippen LogP contribution is 2.49. The lowest BCUT2D eigenvalue weighted by Crippen LogP contribution is -2.61. The number of benzene rings is 1. The van der Waals surface area contributed by atoms with Crippen molar-refractivity contribution in [2.24, 2.45) is 5.41 Å². The Balaban J connectivity index is 1.14. The molecule has 3 aliphatic heterocycles. The van der Waals surface area contributed by atoms with Gasteiger partial charge < -0.3 is 14.7 Å². The van der Waals surface area contributed by atoms with Crippen molar-refractivity contribution in [3.05, 3.63) is 89.0 Å². The third-order valence-corrected chi connectivity index (χ3v) is 8.78. The second-order valence-electron chi connectivity index (χ2n) is 11.3. The molecule has 2 fully saturated rings. The number of fused-ring (bicyclic) bond motifs is 1. The molecule has 6 rings (SSSR count). The summed E-state index contributed by atoms with van der Waals surface area (Å²) in [5.41, 5.74) is 7.13. The number of hydrogen-bond acceptors (Lipinski definition) is 5. The van der Waals surface area contributed by atoms with Gasteiger partial charge in [0.25, 0.3) is 5.91 Å². The van der Waals surface area contributed by atoms with Crippen molar-refractivity contribution >= 4 is 34.6 Å². The summed E-state index contributed by atoms with van der Waals surface area (Å²) in [6, 6.07) is 10.2. The van der Waals surface area contributed by atoms with Crippen LogP contribution in [0.2, 0.25) is 5.02 Å². The number of halogens is 1. The molecule has 2 saturated heterocycles. The van der Waals surface area contributed by atoms with Gasteiger partial charge in [0.05, 0.1) is 34.9 Å². The van der Waals surface area contributed by atoms with E-state index in [0.29, 0.717) is 5.56 Å². The molecule has 0 radical (unpaired) electrons. The molecule has 0 atom stereocenters. The molecular formula is C30H32ClN5O. The van der Waals surface area contributed by atoms with Gasteiger partial charge in [0.2, 0.25) is 0 Å². The van der Waals surface area contributed by atoms with E-state index in [0.717, 1.165) is 72.2 Å². The van der Waals surface area contributed by atoms with Gasteiger partial charge in [-0.3, -0.25) is 14.8 Å². The first kappa shape index (κ1) is 24.0. The van der Waals surface area contributed by atoms with Crippen molar-refractivity contribution in [3.8, 4) is 0 Å². The van der Waals surface area contributed by atoms with Crippen molar-refractivity contribution in [2.45, 2.75) is 39.2 Å². The van der Waals surface area contributed by atoms with E-state index in [1.165, 1.54) is 5.56 Å². The van der Waals surface area contributed by atoms with Gasteiger partial charge in [-0.25, -0.2) is 0 Å². The number of rotatable bonds is 3. The van der Waals surface area contributed by atoms with Crippen LogP contribution in [0, 0.1) is 12.3 Å². The average molecular weight is 514 g/mol. The summed E-state index contributed by atoms with van der Waals surface area (Å²) < 4.78 is 0. The summed E-state index contributed by atoms with van der Waals surface area (Å²) in [7, 11) is 0. The molecule has 1 aromatic carbocycles. The van der Waals surface area contributed by atoms with E-state index in [1.54, 1.807) is 12.4 Å². The van der Waals surface area contributed by atoms with Gasteiger partial charge >= 0.3 is 0 Å². The van der Waals surface area contributed by atoms with Gasteiger partial charge in [-0.05, 0) is 69.0 Å². The molecule has 0 aliphatic carbocycles. The van der Waals surface area contributed by atoms with Crippen molar-refractivity contribution in [3.63, 3.8) is 0 Å². The van der Waals surface area contributed by atoms with Gasteiger partial charge in [-0.2, -0.15) is 0 Å². The third kappa shape index (κ3) is 3.89. The SMILES string of the molecule is C=C1c2ccc(Cl)cc2C(C)(C)N1c1cncc(N2CC3(CCN(C(=O)c4cnccc4C)CC3)C2)c1. The van der Waals surface area contributed by atoms with Crippen LogP contribution in [0.15, 0.2) is 61.7 Å². The molecule has 190 valence electrons. The number of aromatic nitrogens is 2. The van der Waals surface area contributed by atoms with Crippen LogP contribution in [-0.4, -0.2) is 47.0 Å². The van der Waals surface area contributed by atoms with E-state index in [4.69, 9.17) is 11.6 Å². The van der Waals surface area contributed by atoms with Crippen LogP contribution < -0.4 is 9.80 Å². The molecule has 1 amide bonds. The first-order valence-corrected chi connectivity index (χ1v) is 13.3. The van der Waals surface area contributed by atoms with Crippen molar-refractivity contribution in [1.29, 1.82) is 0 Å². The largest absolute Gasteiger partial charge is 0.369 e. The maximum absolute atomic E-state index is 13.0. The van der Waals surface area contributed by atoms with Gasteiger partial charge in [-0.1, -0.05) is 24.2 Å². The Kier molecular flexibility index (Phi) is 5.57. The second-order valence-corrected chi connectivity index (χ2v) is 11.7. The second kappa shape index (κ2) is 8.59. The summed E-state index contributed by atoms with van der Waals surface area (Å²) in [5.74, 6) is 0.101. The molecular weight excluding hydrogens is 482 g/mol. The number of pyridine rings is 2. The van der Waals surface area contributed by atoms with Gasteiger partial charge in [0, 0.05) is 60.3 Å². The van der Waals surface area contributed by atoms with Crippen LogP contribution in [0.4, 0.5) is 11.4 Å². The quantitative estimate of drug-likeness (QED) is 0.436. The number of carbonyl (C=O) groups excluding carboxylic acids is 1. The molecule has 2 aromatic heterocycles. The zero-order valence-electron chi connectivity index (χ0n) is 21.7. The first-order valence-electron chi connectivity index (χ1n) is 12.9. The Morgan fingerprint density at radius 2 is 1.73 bits per heavy atom. The number of likely N-dealkylation sites (tertiary alicyclic amines) is 1. The summed E-state index contributed by atoms with van der Waals surface area (Å²) in [6.07, 6.45) is 9.34. The maximum Gasteiger partial charge on any atom is 0.255 e. The summed E-state index contributed by atoms with van der Waals surface area (Å²) in [4.78, 5) is 28.5. The van der Waals surface area contributed by atoms with Crippen LogP contribution in [0.25, 0.3) is 5.70 Å². The minimum Gasteiger partial charge on any atom is -0.369 e. The molecule has 0 N–H and O–H groups in total. The maximum atomic E-state index is 13.0. The number of amides is 1. The lowest BCUT2D eigenvalue weighted by Gasteiger charge is -2.55. The predicted octanol–water partition coefficient (Wildman–Crippen LogP) is 5.91. The zero-order valence-corrected chi connectivity index (χ0v) is 22.4. The number of piperidine rings is 1. The Labute approximate surface area is 223 Å². The van der Waals surface area contributed by atoms with Crippen molar-refractivity contribution in [1.82, 2.24) is 14.9 Å². The molecule has 0 unspecified atom stereocenters. The van der Waals surface area contributed by atoms with Crippen LogP contribution in [0.1, 0.15) is 53.7 Å². The van der Waals surface area contributed by atoms with Crippen LogP contribution in [0.3, 0.4) is 0 Å². The first-order chi connectivity index (χ1) is 17.7. The summed E-state index contributed by atoms with van der Waals surface area (Å²) in [5, 5.41) is 0.738. The Bertz CT molecular complexity index is 1400. The molecule has 1 spiro atoms. The lowest BCUT2D eigenvalue weighted by molar-refractivity contribution is 0.0502. The molecule has 0 saturated carbocycles. The topological polar surface area (TPSA) is 52.6 Å². The fourth-order valence-corrected chi connectivity index (χ4v) is 6.52. The van der Waals surface area contributed by atoms with E-state index in [1.807, 2.05) is 42.4 Å². The van der Waals surface area contributed by atoms with E-state index in [2.05, 4.69) is 52.3 Å². The van der Waals surface area contributed by atoms with E-state index >= 15 is 0 Å². The number of anilines is 2. The number of hydrogen-bond donors (Lipinski definition) is 0. The Morgan fingerprint density at radius 3 is 2.46 bits per heavy atom. The molecule has 0 bridgehead atoms. The average Bonchev–Trinajstić information content (AvgIpc) is 3.07. The molecule has 5 heterocycles. The van der Waals surface area contributed by atoms with Gasteiger partial charge in [-0.15, -0.1) is 0 Å². The van der Waals surface area contributed by atoms with E-state index < -0.39 is 0 Å². The molecule has 3 aromatic rings.